The number of halogens is 6. The Morgan fingerprint density at radius 2 is 0.978 bits per heavy atom. The maximum atomic E-state index is 13.6. The second kappa shape index (κ2) is 12.5. The van der Waals surface area contributed by atoms with E-state index in [0.717, 1.165) is 22.3 Å². The number of carbonyl (C=O) groups excluding carboxylic acids is 2. The average molecular weight is 722 g/mol. The fourth-order valence-electron chi connectivity index (χ4n) is 4.35. The number of nitrogens with zero attached hydrogens (tertiary/aromatic N) is 1. The first kappa shape index (κ1) is 41.5. The molecule has 0 saturated carbocycles. The van der Waals surface area contributed by atoms with Crippen molar-refractivity contribution in [1.29, 1.82) is 0 Å². The van der Waals surface area contributed by atoms with Crippen molar-refractivity contribution in [2.45, 2.75) is 83.1 Å². The van der Waals surface area contributed by atoms with Gasteiger partial charge in [0.1, 0.15) is 5.71 Å². The minimum absolute atomic E-state index is 0. The van der Waals surface area contributed by atoms with E-state index in [1.165, 1.54) is 0 Å². The van der Waals surface area contributed by atoms with E-state index in [-0.39, 0.29) is 50.3 Å². The molecule has 0 bridgehead atoms. The van der Waals surface area contributed by atoms with Crippen LogP contribution in [0.1, 0.15) is 83.1 Å². The van der Waals surface area contributed by atoms with Gasteiger partial charge in [0.05, 0.1) is 11.4 Å². The molecule has 0 spiro atoms. The van der Waals surface area contributed by atoms with Crippen LogP contribution in [0.3, 0.4) is 0 Å². The van der Waals surface area contributed by atoms with Crippen LogP contribution in [0.15, 0.2) is 75.9 Å². The molecule has 46 heavy (non-hydrogen) atoms. The monoisotopic (exact) mass is 721 g/mol. The summed E-state index contributed by atoms with van der Waals surface area (Å²) >= 11 is 0. The minimum Gasteiger partial charge on any atom is 1.00 e. The number of hydrogen-bond donors (Lipinski definition) is 1. The maximum absolute atomic E-state index is 13.6. The molecular formula is C34H45CuF6N2O2P. The van der Waals surface area contributed by atoms with Gasteiger partial charge in [-0.15, -0.1) is 0 Å². The number of aliphatic imine (C=N–C) groups is 1. The Labute approximate surface area is 279 Å². The number of anilines is 1. The Morgan fingerprint density at radius 1 is 0.587 bits per heavy atom. The maximum Gasteiger partial charge on any atom is 1.00 e. The first-order valence-corrected chi connectivity index (χ1v) is 16.5. The average Bonchev–Trinajstić information content (AvgIpc) is 2.77. The smallest absolute Gasteiger partial charge is 1.00 e. The first-order valence-electron chi connectivity index (χ1n) is 14.5. The molecule has 0 saturated heterocycles. The zero-order valence-corrected chi connectivity index (χ0v) is 30.2. The van der Waals surface area contributed by atoms with E-state index < -0.39 is 7.81 Å². The number of nitrogens with one attached hydrogen (secondary N) is 1. The number of para-hydroxylation sites is 2. The van der Waals surface area contributed by atoms with E-state index >= 15 is 0 Å². The minimum atomic E-state index is -10.7. The summed E-state index contributed by atoms with van der Waals surface area (Å²) in [6.07, 6.45) is 7.93. The van der Waals surface area contributed by atoms with Crippen LogP contribution in [-0.4, -0.2) is 17.3 Å². The van der Waals surface area contributed by atoms with Gasteiger partial charge in [-0.2, -0.15) is 0 Å². The van der Waals surface area contributed by atoms with Gasteiger partial charge in [0.25, 0.3) is 0 Å². The molecule has 0 aromatic heterocycles. The predicted molar refractivity (Wildman–Crippen MR) is 174 cm³/mol. The number of benzene rings is 1. The molecule has 0 amide bonds. The SMILES string of the molecule is CC(C)(C)C1=C[C](Nc2ccccc2N=C2C=C(C(C)(C)C)C=C(C(C)(C)C)C2=O)C(=O)C(C(C)(C)C)=C1.F[P-](F)(F)(F)(F)F.[Cu+]. The van der Waals surface area contributed by atoms with Gasteiger partial charge in [-0.25, -0.2) is 4.99 Å². The van der Waals surface area contributed by atoms with Gasteiger partial charge in [-0.3, -0.25) is 9.59 Å². The van der Waals surface area contributed by atoms with Gasteiger partial charge in [0, 0.05) is 11.1 Å². The molecule has 0 unspecified atom stereocenters. The van der Waals surface area contributed by atoms with Crippen molar-refractivity contribution >= 4 is 36.5 Å². The number of Topliss-reactive ketones (excluding diaryl/α,β-unsaturated/α-hetero) is 2. The molecule has 4 nitrogen and oxygen atoms in total. The molecule has 0 heterocycles. The molecule has 1 aromatic rings. The molecule has 3 rings (SSSR count). The summed E-state index contributed by atoms with van der Waals surface area (Å²) in [7, 11) is -10.7. The van der Waals surface area contributed by atoms with Crippen LogP contribution in [0.5, 0.6) is 0 Å². The van der Waals surface area contributed by atoms with E-state index in [1.807, 2.05) is 48.6 Å². The third kappa shape index (κ3) is 13.0. The largest absolute Gasteiger partial charge is 1.00 e. The summed E-state index contributed by atoms with van der Waals surface area (Å²) < 4.78 is 59.2. The normalized spacial score (nSPS) is 19.4. The van der Waals surface area contributed by atoms with Crippen molar-refractivity contribution in [3.63, 3.8) is 0 Å². The number of allylic oxidation sites excluding steroid dienone is 6. The summed E-state index contributed by atoms with van der Waals surface area (Å²) in [5, 5.41) is 3.39. The Balaban J connectivity index is 0.00000119. The van der Waals surface area contributed by atoms with Gasteiger partial charge < -0.3 is 5.32 Å². The number of rotatable bonds is 3. The number of carbonyl (C=O) groups is 2. The molecule has 0 atom stereocenters. The first-order chi connectivity index (χ1) is 19.6. The third-order valence-corrected chi connectivity index (χ3v) is 6.92. The van der Waals surface area contributed by atoms with E-state index in [1.54, 1.807) is 0 Å². The van der Waals surface area contributed by atoms with Crippen LogP contribution in [-0.2, 0) is 26.7 Å². The number of hydrogen-bond acceptors (Lipinski definition) is 4. The second-order valence-corrected chi connectivity index (χ2v) is 17.4. The zero-order valence-electron chi connectivity index (χ0n) is 28.4. The van der Waals surface area contributed by atoms with Gasteiger partial charge in [0.2, 0.25) is 5.78 Å². The molecule has 12 heteroatoms. The van der Waals surface area contributed by atoms with Crippen molar-refractivity contribution in [1.82, 2.24) is 0 Å². The summed E-state index contributed by atoms with van der Waals surface area (Å²) in [6.45, 7) is 25.2. The zero-order chi connectivity index (χ0) is 35.3. The molecule has 0 aliphatic heterocycles. The Morgan fingerprint density at radius 3 is 1.39 bits per heavy atom. The summed E-state index contributed by atoms with van der Waals surface area (Å²) in [6, 6.07) is 8.11. The molecule has 2 aliphatic rings. The van der Waals surface area contributed by atoms with Crippen LogP contribution in [0.25, 0.3) is 0 Å². The van der Waals surface area contributed by atoms with E-state index in [4.69, 9.17) is 4.99 Å². The number of ketones is 2. The van der Waals surface area contributed by atoms with Crippen molar-refractivity contribution in [2.75, 3.05) is 5.32 Å². The van der Waals surface area contributed by atoms with Crippen molar-refractivity contribution < 1.29 is 51.8 Å². The van der Waals surface area contributed by atoms with E-state index in [0.29, 0.717) is 23.1 Å². The molecule has 1 radical (unpaired) electrons. The molecule has 2 aliphatic carbocycles. The Hall–Kier alpha value is -2.48. The molecular weight excluding hydrogens is 677 g/mol. The van der Waals surface area contributed by atoms with Crippen molar-refractivity contribution in [3.05, 3.63) is 76.9 Å². The summed E-state index contributed by atoms with van der Waals surface area (Å²) in [5.41, 5.74) is 4.54. The predicted octanol–water partition coefficient (Wildman–Crippen LogP) is 12.1. The van der Waals surface area contributed by atoms with Gasteiger partial charge in [0.15, 0.2) is 11.8 Å². The van der Waals surface area contributed by atoms with E-state index in [9.17, 15) is 34.8 Å². The Kier molecular flexibility index (Phi) is 11.3. The van der Waals surface area contributed by atoms with Gasteiger partial charge >= 0.3 is 50.1 Å². The fourth-order valence-corrected chi connectivity index (χ4v) is 4.35. The van der Waals surface area contributed by atoms with Crippen LogP contribution in [0.2, 0.25) is 0 Å². The summed E-state index contributed by atoms with van der Waals surface area (Å²) in [4.78, 5) is 32.0. The topological polar surface area (TPSA) is 58.5 Å². The standard InChI is InChI=1S/C34H45N2O2.Cu.F6P/c1-31(2,3)21-17-23(33(7,8)9)29(37)27(19-21)35-25-15-13-14-16-26(25)36-28-20-22(32(4,5)6)18-24(30(28)38)34(10,11)12;;1-7(2,3,4,5)6/h13-20,35H,1-12H3;;/q;+1;-1. The van der Waals surface area contributed by atoms with Gasteiger partial charge in [-0.05, 0) is 57.1 Å². The molecule has 1 N–H and O–H groups in total. The Bertz CT molecular complexity index is 1510. The van der Waals surface area contributed by atoms with Crippen LogP contribution in [0, 0.1) is 27.7 Å². The van der Waals surface area contributed by atoms with Crippen LogP contribution in [0.4, 0.5) is 36.6 Å². The fraction of sp³-hybridized carbons (Fsp3) is 0.471. The third-order valence-electron chi connectivity index (χ3n) is 6.92. The van der Waals surface area contributed by atoms with E-state index in [2.05, 4.69) is 88.4 Å². The quantitative estimate of drug-likeness (QED) is 0.146. The van der Waals surface area contributed by atoms with Crippen molar-refractivity contribution in [2.24, 2.45) is 26.7 Å². The van der Waals surface area contributed by atoms with Crippen molar-refractivity contribution in [3.8, 4) is 0 Å². The second-order valence-electron chi connectivity index (χ2n) is 15.5. The molecule has 261 valence electrons. The van der Waals surface area contributed by atoms with Crippen LogP contribution >= 0.6 is 7.81 Å². The van der Waals surface area contributed by atoms with Gasteiger partial charge in [-0.1, -0.05) is 107 Å². The van der Waals surface area contributed by atoms with Crippen LogP contribution < -0.4 is 5.32 Å². The molecule has 0 fully saturated rings. The molecule has 1 aromatic carbocycles. The summed E-state index contributed by atoms with van der Waals surface area (Å²) in [5.74, 6) is -0.0795.